The average molecular weight is 373 g/mol. The van der Waals surface area contributed by atoms with Gasteiger partial charge in [-0.3, -0.25) is 4.57 Å². The van der Waals surface area contributed by atoms with E-state index in [9.17, 15) is 0 Å². The quantitative estimate of drug-likeness (QED) is 0.795. The number of anilines is 1. The molecule has 0 spiro atoms. The van der Waals surface area contributed by atoms with Gasteiger partial charge in [-0.15, -0.1) is 10.2 Å². The van der Waals surface area contributed by atoms with E-state index in [0.29, 0.717) is 11.2 Å². The summed E-state index contributed by atoms with van der Waals surface area (Å²) in [7, 11) is 0. The zero-order valence-corrected chi connectivity index (χ0v) is 16.5. The van der Waals surface area contributed by atoms with E-state index in [1.54, 1.807) is 0 Å². The third-order valence-electron chi connectivity index (χ3n) is 5.10. The van der Waals surface area contributed by atoms with Crippen LogP contribution >= 0.6 is 11.8 Å². The van der Waals surface area contributed by atoms with E-state index in [1.807, 2.05) is 11.8 Å². The molecule has 0 N–H and O–H groups in total. The van der Waals surface area contributed by atoms with Crippen LogP contribution in [0.3, 0.4) is 0 Å². The summed E-state index contributed by atoms with van der Waals surface area (Å²) in [6.07, 6.45) is 3.66. The Morgan fingerprint density at radius 2 is 2.00 bits per heavy atom. The van der Waals surface area contributed by atoms with Crippen LogP contribution < -0.4 is 4.90 Å². The summed E-state index contributed by atoms with van der Waals surface area (Å²) in [5, 5.41) is 10.7. The maximum absolute atomic E-state index is 5.51. The number of fused-ring (bicyclic) bond motifs is 1. The second-order valence-electron chi connectivity index (χ2n) is 7.58. The van der Waals surface area contributed by atoms with Crippen molar-refractivity contribution < 1.29 is 4.74 Å². The SMILES string of the molecule is CC(C)Cn1c(SC2CCCc3ccccc32)nnc1N1CCOCC1. The first-order valence-electron chi connectivity index (χ1n) is 9.72. The molecule has 0 bridgehead atoms. The van der Waals surface area contributed by atoms with Crippen molar-refractivity contribution in [3.63, 3.8) is 0 Å². The van der Waals surface area contributed by atoms with Gasteiger partial charge in [-0.2, -0.15) is 0 Å². The minimum atomic E-state index is 0.479. The van der Waals surface area contributed by atoms with Crippen molar-refractivity contribution in [2.24, 2.45) is 5.92 Å². The van der Waals surface area contributed by atoms with Crippen molar-refractivity contribution in [2.45, 2.75) is 50.1 Å². The summed E-state index contributed by atoms with van der Waals surface area (Å²) in [6, 6.07) is 8.89. The van der Waals surface area contributed by atoms with Crippen LogP contribution in [0.5, 0.6) is 0 Å². The van der Waals surface area contributed by atoms with Gasteiger partial charge in [-0.25, -0.2) is 0 Å². The lowest BCUT2D eigenvalue weighted by atomic mass is 9.91. The molecule has 1 aromatic heterocycles. The van der Waals surface area contributed by atoms with Gasteiger partial charge in [0.05, 0.1) is 13.2 Å². The third kappa shape index (κ3) is 3.76. The highest BCUT2D eigenvalue weighted by Crippen LogP contribution is 2.43. The fourth-order valence-electron chi connectivity index (χ4n) is 3.85. The van der Waals surface area contributed by atoms with Crippen LogP contribution in [0.1, 0.15) is 43.1 Å². The molecule has 1 aromatic carbocycles. The van der Waals surface area contributed by atoms with E-state index in [2.05, 4.69) is 57.8 Å². The lowest BCUT2D eigenvalue weighted by Gasteiger charge is -2.29. The summed E-state index contributed by atoms with van der Waals surface area (Å²) in [5.41, 5.74) is 2.98. The Balaban J connectivity index is 1.61. The van der Waals surface area contributed by atoms with Crippen molar-refractivity contribution >= 4 is 17.7 Å². The van der Waals surface area contributed by atoms with E-state index in [1.165, 1.54) is 30.4 Å². The fourth-order valence-corrected chi connectivity index (χ4v) is 5.12. The van der Waals surface area contributed by atoms with Crippen molar-refractivity contribution in [1.29, 1.82) is 0 Å². The van der Waals surface area contributed by atoms with Crippen LogP contribution in [0.25, 0.3) is 0 Å². The molecular formula is C20H28N4OS. The average Bonchev–Trinajstić information content (AvgIpc) is 3.04. The summed E-state index contributed by atoms with van der Waals surface area (Å²) in [5.74, 6) is 1.57. The molecule has 140 valence electrons. The number of benzene rings is 1. The lowest BCUT2D eigenvalue weighted by molar-refractivity contribution is 0.121. The van der Waals surface area contributed by atoms with Crippen LogP contribution in [0.15, 0.2) is 29.4 Å². The number of rotatable bonds is 5. The molecule has 1 aliphatic heterocycles. The van der Waals surface area contributed by atoms with Gasteiger partial charge >= 0.3 is 0 Å². The molecule has 6 heteroatoms. The molecule has 5 nitrogen and oxygen atoms in total. The van der Waals surface area contributed by atoms with Gasteiger partial charge < -0.3 is 9.64 Å². The number of hydrogen-bond acceptors (Lipinski definition) is 5. The second-order valence-corrected chi connectivity index (χ2v) is 8.75. The van der Waals surface area contributed by atoms with Crippen LogP contribution in [-0.2, 0) is 17.7 Å². The molecule has 1 fully saturated rings. The van der Waals surface area contributed by atoms with E-state index in [0.717, 1.165) is 44.0 Å². The minimum absolute atomic E-state index is 0.479. The topological polar surface area (TPSA) is 43.2 Å². The number of thioether (sulfide) groups is 1. The Labute approximate surface area is 160 Å². The first kappa shape index (κ1) is 17.9. The molecule has 4 rings (SSSR count). The second kappa shape index (κ2) is 8.01. The Hall–Kier alpha value is -1.53. The number of ether oxygens (including phenoxy) is 1. The first-order chi connectivity index (χ1) is 12.7. The Morgan fingerprint density at radius 1 is 1.19 bits per heavy atom. The predicted molar refractivity (Wildman–Crippen MR) is 106 cm³/mol. The van der Waals surface area contributed by atoms with Gasteiger partial charge in [0.1, 0.15) is 0 Å². The van der Waals surface area contributed by atoms with Gasteiger partial charge in [0.15, 0.2) is 5.16 Å². The highest BCUT2D eigenvalue weighted by molar-refractivity contribution is 7.99. The number of aryl methyl sites for hydroxylation is 1. The molecule has 1 saturated heterocycles. The highest BCUT2D eigenvalue weighted by atomic mass is 32.2. The monoisotopic (exact) mass is 372 g/mol. The Morgan fingerprint density at radius 3 is 2.81 bits per heavy atom. The molecule has 1 unspecified atom stereocenters. The van der Waals surface area contributed by atoms with Crippen LogP contribution in [0, 0.1) is 5.92 Å². The van der Waals surface area contributed by atoms with E-state index in [-0.39, 0.29) is 0 Å². The summed E-state index contributed by atoms with van der Waals surface area (Å²) >= 11 is 1.89. The molecule has 0 radical (unpaired) electrons. The smallest absolute Gasteiger partial charge is 0.228 e. The van der Waals surface area contributed by atoms with Crippen LogP contribution in [0.2, 0.25) is 0 Å². The summed E-state index contributed by atoms with van der Waals surface area (Å²) < 4.78 is 7.84. The van der Waals surface area contributed by atoms with Gasteiger partial charge in [0.2, 0.25) is 5.95 Å². The highest BCUT2D eigenvalue weighted by Gasteiger charge is 2.26. The third-order valence-corrected chi connectivity index (χ3v) is 6.39. The number of morpholine rings is 1. The molecule has 1 aliphatic carbocycles. The molecule has 2 aromatic rings. The number of hydrogen-bond donors (Lipinski definition) is 0. The van der Waals surface area contributed by atoms with Crippen LogP contribution in [0.4, 0.5) is 5.95 Å². The van der Waals surface area contributed by atoms with Gasteiger partial charge in [-0.05, 0) is 36.3 Å². The zero-order chi connectivity index (χ0) is 17.9. The fraction of sp³-hybridized carbons (Fsp3) is 0.600. The minimum Gasteiger partial charge on any atom is -0.378 e. The maximum atomic E-state index is 5.51. The van der Waals surface area contributed by atoms with E-state index < -0.39 is 0 Å². The van der Waals surface area contributed by atoms with Gasteiger partial charge in [0, 0.05) is 24.9 Å². The van der Waals surface area contributed by atoms with Gasteiger partial charge in [0.25, 0.3) is 0 Å². The molecule has 26 heavy (non-hydrogen) atoms. The molecule has 2 aliphatic rings. The largest absolute Gasteiger partial charge is 0.378 e. The zero-order valence-electron chi connectivity index (χ0n) is 15.7. The van der Waals surface area contributed by atoms with Crippen molar-refractivity contribution in [2.75, 3.05) is 31.2 Å². The van der Waals surface area contributed by atoms with Crippen molar-refractivity contribution in [3.05, 3.63) is 35.4 Å². The molecule has 1 atom stereocenters. The standard InChI is InChI=1S/C20H28N4OS/c1-15(2)14-24-19(23-10-12-25-13-11-23)21-22-20(24)26-18-9-5-7-16-6-3-4-8-17(16)18/h3-4,6,8,15,18H,5,7,9-14H2,1-2H3. The number of aromatic nitrogens is 3. The first-order valence-corrected chi connectivity index (χ1v) is 10.6. The van der Waals surface area contributed by atoms with Crippen molar-refractivity contribution in [3.8, 4) is 0 Å². The van der Waals surface area contributed by atoms with Crippen LogP contribution in [-0.4, -0.2) is 41.1 Å². The number of nitrogens with zero attached hydrogens (tertiary/aromatic N) is 4. The normalized spacial score (nSPS) is 20.4. The Bertz CT molecular complexity index is 739. The van der Waals surface area contributed by atoms with E-state index >= 15 is 0 Å². The van der Waals surface area contributed by atoms with Crippen molar-refractivity contribution in [1.82, 2.24) is 14.8 Å². The lowest BCUT2D eigenvalue weighted by Crippen LogP contribution is -2.38. The van der Waals surface area contributed by atoms with Gasteiger partial charge in [-0.1, -0.05) is 49.9 Å². The summed E-state index contributed by atoms with van der Waals surface area (Å²) in [4.78, 5) is 2.32. The molecule has 0 amide bonds. The molecule has 2 heterocycles. The van der Waals surface area contributed by atoms with E-state index in [4.69, 9.17) is 4.74 Å². The summed E-state index contributed by atoms with van der Waals surface area (Å²) in [6.45, 7) is 8.80. The maximum Gasteiger partial charge on any atom is 0.228 e. The molecule has 0 saturated carbocycles. The molecular weight excluding hydrogens is 344 g/mol. The Kier molecular flexibility index (Phi) is 5.50. The predicted octanol–water partition coefficient (Wildman–Crippen LogP) is 3.94.